The van der Waals surface area contributed by atoms with Crippen LogP contribution < -0.4 is 15.6 Å². The van der Waals surface area contributed by atoms with Crippen molar-refractivity contribution in [3.05, 3.63) is 74.5 Å². The van der Waals surface area contributed by atoms with Crippen molar-refractivity contribution in [1.82, 2.24) is 10.3 Å². The Kier molecular flexibility index (Phi) is 6.21. The van der Waals surface area contributed by atoms with E-state index in [1.165, 1.54) is 36.4 Å². The minimum absolute atomic E-state index is 0.0350. The Morgan fingerprint density at radius 1 is 1.13 bits per heavy atom. The number of carboxylic acids is 1. The number of benzene rings is 2. The van der Waals surface area contributed by atoms with Gasteiger partial charge in [0.25, 0.3) is 5.56 Å². The number of alkyl halides is 3. The van der Waals surface area contributed by atoms with Gasteiger partial charge in [-0.25, -0.2) is 4.79 Å². The fourth-order valence-electron chi connectivity index (χ4n) is 2.96. The maximum atomic E-state index is 12.5. The molecule has 0 atom stereocenters. The van der Waals surface area contributed by atoms with Crippen molar-refractivity contribution >= 4 is 34.4 Å². The Labute approximate surface area is 177 Å². The molecule has 2 aromatic carbocycles. The van der Waals surface area contributed by atoms with E-state index < -0.39 is 35.1 Å². The van der Waals surface area contributed by atoms with Gasteiger partial charge in [0.1, 0.15) is 11.3 Å². The lowest BCUT2D eigenvalue weighted by Gasteiger charge is -2.13. The summed E-state index contributed by atoms with van der Waals surface area (Å²) in [5.41, 5.74) is -0.586. The predicted molar refractivity (Wildman–Crippen MR) is 105 cm³/mol. The zero-order valence-electron chi connectivity index (χ0n) is 15.5. The molecule has 0 spiro atoms. The summed E-state index contributed by atoms with van der Waals surface area (Å²) >= 11 is 6.05. The average Bonchev–Trinajstić information content (AvgIpc) is 2.66. The number of H-pyrrole nitrogens is 1. The first kappa shape index (κ1) is 22.2. The Morgan fingerprint density at radius 2 is 1.84 bits per heavy atom. The van der Waals surface area contributed by atoms with Crippen molar-refractivity contribution < 1.29 is 32.6 Å². The molecule has 0 bridgehead atoms. The number of nitrogens with one attached hydrogen (secondary N) is 2. The second-order valence-electron chi connectivity index (χ2n) is 6.46. The third kappa shape index (κ3) is 5.54. The number of para-hydroxylation sites is 1. The van der Waals surface area contributed by atoms with Gasteiger partial charge in [-0.2, -0.15) is 0 Å². The molecule has 3 rings (SSSR count). The molecular weight excluding hydrogens is 441 g/mol. The van der Waals surface area contributed by atoms with Gasteiger partial charge in [0.05, 0.1) is 11.9 Å². The maximum absolute atomic E-state index is 12.5. The van der Waals surface area contributed by atoms with Gasteiger partial charge >= 0.3 is 12.3 Å². The number of aromatic nitrogens is 1. The van der Waals surface area contributed by atoms with E-state index in [2.05, 4.69) is 15.0 Å². The van der Waals surface area contributed by atoms with Gasteiger partial charge in [-0.1, -0.05) is 29.8 Å². The summed E-state index contributed by atoms with van der Waals surface area (Å²) in [6.07, 6.45) is -5.28. The molecule has 3 aromatic rings. The highest BCUT2D eigenvalue weighted by molar-refractivity contribution is 6.31. The van der Waals surface area contributed by atoms with Crippen LogP contribution in [0.1, 0.15) is 21.5 Å². The molecule has 0 saturated heterocycles. The molecule has 0 aliphatic rings. The predicted octanol–water partition coefficient (Wildman–Crippen LogP) is 3.64. The molecule has 0 unspecified atom stereocenters. The lowest BCUT2D eigenvalue weighted by Crippen LogP contribution is -2.26. The van der Waals surface area contributed by atoms with E-state index in [0.29, 0.717) is 10.9 Å². The van der Waals surface area contributed by atoms with Gasteiger partial charge in [0, 0.05) is 22.5 Å². The van der Waals surface area contributed by atoms with Crippen LogP contribution in [0.25, 0.3) is 10.9 Å². The van der Waals surface area contributed by atoms with Gasteiger partial charge in [-0.15, -0.1) is 13.2 Å². The van der Waals surface area contributed by atoms with Crippen LogP contribution in [-0.4, -0.2) is 28.3 Å². The topological polar surface area (TPSA) is 108 Å². The fraction of sp³-hybridized carbons (Fsp3) is 0.150. The number of aromatic amines is 1. The van der Waals surface area contributed by atoms with E-state index in [9.17, 15) is 27.6 Å². The second kappa shape index (κ2) is 8.68. The van der Waals surface area contributed by atoms with Crippen LogP contribution in [0.4, 0.5) is 13.2 Å². The standard InChI is InChI=1S/C20H14ClF3N2O5/c21-13-5-11-7-14(19(29)30)18(28)26-17(11)12(6-13)9-25-16(27)8-10-3-1-2-4-15(10)31-20(22,23)24/h1-7H,8-9H2,(H,25,27)(H,26,28)(H,29,30). The Hall–Kier alpha value is -3.53. The highest BCUT2D eigenvalue weighted by Gasteiger charge is 2.32. The Bertz CT molecular complexity index is 1220. The first-order valence-corrected chi connectivity index (χ1v) is 9.10. The van der Waals surface area contributed by atoms with Crippen molar-refractivity contribution in [3.63, 3.8) is 0 Å². The molecule has 7 nitrogen and oxygen atoms in total. The number of carboxylic acid groups (broad SMARTS) is 1. The Morgan fingerprint density at radius 3 is 2.52 bits per heavy atom. The molecule has 1 heterocycles. The molecule has 3 N–H and O–H groups in total. The van der Waals surface area contributed by atoms with Crippen LogP contribution in [0.2, 0.25) is 5.02 Å². The van der Waals surface area contributed by atoms with E-state index >= 15 is 0 Å². The van der Waals surface area contributed by atoms with Gasteiger partial charge in [0.15, 0.2) is 0 Å². The van der Waals surface area contributed by atoms with Crippen LogP contribution in [0.3, 0.4) is 0 Å². The lowest BCUT2D eigenvalue weighted by atomic mass is 10.1. The third-order valence-electron chi connectivity index (χ3n) is 4.25. The quantitative estimate of drug-likeness (QED) is 0.527. The third-order valence-corrected chi connectivity index (χ3v) is 4.47. The number of carbonyl (C=O) groups is 2. The first-order valence-electron chi connectivity index (χ1n) is 8.72. The van der Waals surface area contributed by atoms with Gasteiger partial charge in [-0.05, 0) is 29.8 Å². The molecule has 1 amide bonds. The lowest BCUT2D eigenvalue weighted by molar-refractivity contribution is -0.274. The number of ether oxygens (including phenoxy) is 1. The smallest absolute Gasteiger partial charge is 0.477 e. The zero-order valence-corrected chi connectivity index (χ0v) is 16.3. The van der Waals surface area contributed by atoms with Crippen LogP contribution in [0.5, 0.6) is 5.75 Å². The van der Waals surface area contributed by atoms with Crippen LogP contribution in [0, 0.1) is 0 Å². The summed E-state index contributed by atoms with van der Waals surface area (Å²) in [7, 11) is 0. The van der Waals surface area contributed by atoms with Gasteiger partial charge in [0.2, 0.25) is 5.91 Å². The fourth-order valence-corrected chi connectivity index (χ4v) is 3.21. The van der Waals surface area contributed by atoms with E-state index in [-0.39, 0.29) is 29.1 Å². The van der Waals surface area contributed by atoms with Crippen molar-refractivity contribution in [2.75, 3.05) is 0 Å². The number of aromatic carboxylic acids is 1. The highest BCUT2D eigenvalue weighted by atomic mass is 35.5. The largest absolute Gasteiger partial charge is 0.573 e. The summed E-state index contributed by atoms with van der Waals surface area (Å²) in [5.74, 6) is -2.49. The van der Waals surface area contributed by atoms with Crippen LogP contribution >= 0.6 is 11.6 Å². The summed E-state index contributed by atoms with van der Waals surface area (Å²) in [6.45, 7) is -0.111. The summed E-state index contributed by atoms with van der Waals surface area (Å²) < 4.78 is 41.5. The SMILES string of the molecule is O=C(Cc1ccccc1OC(F)(F)F)NCc1cc(Cl)cc2cc(C(=O)O)c(=O)[nH]c12. The zero-order chi connectivity index (χ0) is 22.8. The number of halogens is 4. The van der Waals surface area contributed by atoms with E-state index in [0.717, 1.165) is 6.07 Å². The van der Waals surface area contributed by atoms with Crippen molar-refractivity contribution in [2.24, 2.45) is 0 Å². The molecule has 0 radical (unpaired) electrons. The number of hydrogen-bond acceptors (Lipinski definition) is 4. The second-order valence-corrected chi connectivity index (χ2v) is 6.89. The monoisotopic (exact) mass is 454 g/mol. The molecule has 0 fully saturated rings. The first-order chi connectivity index (χ1) is 14.5. The molecule has 0 aliphatic heterocycles. The minimum atomic E-state index is -4.90. The van der Waals surface area contributed by atoms with Crippen LogP contribution in [0.15, 0.2) is 47.3 Å². The number of rotatable bonds is 6. The molecule has 162 valence electrons. The summed E-state index contributed by atoms with van der Waals surface area (Å²) in [5, 5.41) is 12.2. The number of hydrogen-bond donors (Lipinski definition) is 3. The molecule has 31 heavy (non-hydrogen) atoms. The van der Waals surface area contributed by atoms with E-state index in [4.69, 9.17) is 16.7 Å². The van der Waals surface area contributed by atoms with Crippen molar-refractivity contribution in [2.45, 2.75) is 19.3 Å². The number of amides is 1. The Balaban J connectivity index is 1.80. The maximum Gasteiger partial charge on any atom is 0.573 e. The summed E-state index contributed by atoms with van der Waals surface area (Å²) in [4.78, 5) is 37.9. The van der Waals surface area contributed by atoms with E-state index in [1.807, 2.05) is 0 Å². The number of fused-ring (bicyclic) bond motifs is 1. The molecule has 1 aromatic heterocycles. The molecule has 0 aliphatic carbocycles. The van der Waals surface area contributed by atoms with Gasteiger partial charge < -0.3 is 20.1 Å². The molecular formula is C20H14ClF3N2O5. The normalized spacial score (nSPS) is 11.4. The number of pyridine rings is 1. The highest BCUT2D eigenvalue weighted by Crippen LogP contribution is 2.27. The minimum Gasteiger partial charge on any atom is -0.477 e. The van der Waals surface area contributed by atoms with Crippen LogP contribution in [-0.2, 0) is 17.8 Å². The number of carbonyl (C=O) groups excluding carboxylic acids is 1. The van der Waals surface area contributed by atoms with Crippen molar-refractivity contribution in [3.8, 4) is 5.75 Å². The van der Waals surface area contributed by atoms with Crippen molar-refractivity contribution in [1.29, 1.82) is 0 Å². The van der Waals surface area contributed by atoms with Gasteiger partial charge in [-0.3, -0.25) is 9.59 Å². The molecule has 11 heteroatoms. The summed E-state index contributed by atoms with van der Waals surface area (Å²) in [6, 6.07) is 9.35. The molecule has 0 saturated carbocycles. The van der Waals surface area contributed by atoms with E-state index in [1.54, 1.807) is 0 Å². The average molecular weight is 455 g/mol.